The fraction of sp³-hybridized carbons (Fsp3) is 0.568. The van der Waals surface area contributed by atoms with Crippen LogP contribution in [0.15, 0.2) is 36.5 Å². The molecule has 0 spiro atoms. The van der Waals surface area contributed by atoms with Crippen molar-refractivity contribution in [2.45, 2.75) is 103 Å². The zero-order chi connectivity index (χ0) is 35.3. The average molecular weight is 704 g/mol. The molecular formula is C37H53N7O3SSi. The van der Waals surface area contributed by atoms with Gasteiger partial charge in [-0.3, -0.25) is 5.32 Å². The van der Waals surface area contributed by atoms with Crippen LogP contribution in [0.5, 0.6) is 0 Å². The number of fused-ring (bicyclic) bond motifs is 1. The molecule has 1 atom stereocenters. The van der Waals surface area contributed by atoms with Crippen LogP contribution in [0.1, 0.15) is 85.6 Å². The first-order valence-electron chi connectivity index (χ1n) is 17.8. The highest BCUT2D eigenvalue weighted by atomic mass is 32.2. The number of hydrogen-bond acceptors (Lipinski definition) is 8. The minimum absolute atomic E-state index is 0.0816. The molecule has 10 nitrogen and oxygen atoms in total. The number of sulfone groups is 1. The number of aromatic nitrogens is 3. The van der Waals surface area contributed by atoms with E-state index in [-0.39, 0.29) is 23.7 Å². The summed E-state index contributed by atoms with van der Waals surface area (Å²) < 4.78 is 24.1. The molecule has 3 heterocycles. The summed E-state index contributed by atoms with van der Waals surface area (Å²) in [6.45, 7) is 15.3. The first kappa shape index (κ1) is 36.6. The van der Waals surface area contributed by atoms with Crippen LogP contribution in [0, 0.1) is 17.4 Å². The second-order valence-electron chi connectivity index (χ2n) is 14.9. The summed E-state index contributed by atoms with van der Waals surface area (Å²) in [6, 6.07) is 9.70. The van der Waals surface area contributed by atoms with Gasteiger partial charge >= 0.3 is 6.03 Å². The number of para-hydroxylation sites is 2. The lowest BCUT2D eigenvalue weighted by Gasteiger charge is -2.38. The third-order valence-corrected chi connectivity index (χ3v) is 17.7. The van der Waals surface area contributed by atoms with Gasteiger partial charge in [0.05, 0.1) is 22.5 Å². The predicted octanol–water partition coefficient (Wildman–Crippen LogP) is 7.66. The van der Waals surface area contributed by atoms with Crippen molar-refractivity contribution >= 4 is 58.1 Å². The second kappa shape index (κ2) is 15.5. The lowest BCUT2D eigenvalue weighted by atomic mass is 9.99. The van der Waals surface area contributed by atoms with Crippen molar-refractivity contribution < 1.29 is 13.2 Å². The number of nitrogens with zero attached hydrogens (tertiary/aromatic N) is 4. The van der Waals surface area contributed by atoms with Gasteiger partial charge in [-0.25, -0.2) is 23.2 Å². The summed E-state index contributed by atoms with van der Waals surface area (Å²) in [6.07, 6.45) is 9.12. The number of urea groups is 1. The van der Waals surface area contributed by atoms with Gasteiger partial charge in [0.15, 0.2) is 5.65 Å². The Morgan fingerprint density at radius 2 is 1.69 bits per heavy atom. The predicted molar refractivity (Wildman–Crippen MR) is 204 cm³/mol. The van der Waals surface area contributed by atoms with E-state index in [9.17, 15) is 13.2 Å². The second-order valence-corrected chi connectivity index (χ2v) is 22.7. The molecule has 0 radical (unpaired) electrons. The Kier molecular flexibility index (Phi) is 11.5. The fourth-order valence-corrected chi connectivity index (χ4v) is 14.4. The molecule has 3 N–H and O–H groups in total. The first-order chi connectivity index (χ1) is 23.2. The van der Waals surface area contributed by atoms with Crippen molar-refractivity contribution in [2.75, 3.05) is 40.6 Å². The van der Waals surface area contributed by atoms with E-state index in [1.165, 1.54) is 6.26 Å². The van der Waals surface area contributed by atoms with E-state index in [1.807, 2.05) is 30.3 Å². The minimum atomic E-state index is -3.06. The van der Waals surface area contributed by atoms with Gasteiger partial charge in [-0.15, -0.1) is 5.54 Å². The van der Waals surface area contributed by atoms with Crippen molar-refractivity contribution in [1.29, 1.82) is 0 Å². The van der Waals surface area contributed by atoms with Gasteiger partial charge < -0.3 is 15.5 Å². The Labute approximate surface area is 293 Å². The van der Waals surface area contributed by atoms with Crippen LogP contribution in [0.25, 0.3) is 11.0 Å². The summed E-state index contributed by atoms with van der Waals surface area (Å²) >= 11 is 0. The average Bonchev–Trinajstić information content (AvgIpc) is 3.53. The standard InChI is InChI=1S/C37H53N7O3SSi/c1-25(2)49(26(3)4,27(5)6)20-18-29-21-34(42-37(45)39-30-14-8-9-15-30)41-35-31(29)22-38-36(43-35)40-32-16-10-11-17-33(32)44-19-12-13-28(23-44)24-48(7,46)47/h10-11,16-17,21-22,25-28,30H,8-9,12-15,19,23-24H2,1-7H3,(H3,38,39,40,41,42,43,45). The quantitative estimate of drug-likeness (QED) is 0.145. The molecule has 1 unspecified atom stereocenters. The lowest BCUT2D eigenvalue weighted by Crippen LogP contribution is -2.43. The zero-order valence-electron chi connectivity index (χ0n) is 30.1. The first-order valence-corrected chi connectivity index (χ1v) is 22.1. The number of pyridine rings is 1. The molecule has 1 saturated heterocycles. The van der Waals surface area contributed by atoms with Gasteiger partial charge in [-0.2, -0.15) is 4.98 Å². The van der Waals surface area contributed by atoms with Gasteiger partial charge in [0.2, 0.25) is 5.95 Å². The summed E-state index contributed by atoms with van der Waals surface area (Å²) in [5.74, 6) is 4.59. The number of benzene rings is 1. The maximum Gasteiger partial charge on any atom is 0.320 e. The van der Waals surface area contributed by atoms with Crippen molar-refractivity contribution in [3.05, 3.63) is 42.1 Å². The molecular weight excluding hydrogens is 651 g/mol. The smallest absolute Gasteiger partial charge is 0.320 e. The topological polar surface area (TPSA) is 129 Å². The van der Waals surface area contributed by atoms with E-state index in [1.54, 1.807) is 6.20 Å². The van der Waals surface area contributed by atoms with Crippen molar-refractivity contribution in [3.63, 3.8) is 0 Å². The van der Waals surface area contributed by atoms with E-state index in [0.717, 1.165) is 67.4 Å². The largest absolute Gasteiger partial charge is 0.370 e. The maximum absolute atomic E-state index is 13.0. The van der Waals surface area contributed by atoms with Crippen molar-refractivity contribution in [1.82, 2.24) is 20.3 Å². The molecule has 12 heteroatoms. The van der Waals surface area contributed by atoms with Gasteiger partial charge in [0.1, 0.15) is 23.7 Å². The highest BCUT2D eigenvalue weighted by molar-refractivity contribution is 7.90. The van der Waals surface area contributed by atoms with E-state index >= 15 is 0 Å². The Bertz CT molecular complexity index is 1790. The molecule has 49 heavy (non-hydrogen) atoms. The third-order valence-electron chi connectivity index (χ3n) is 10.3. The minimum Gasteiger partial charge on any atom is -0.370 e. The van der Waals surface area contributed by atoms with E-state index < -0.39 is 17.9 Å². The highest BCUT2D eigenvalue weighted by Gasteiger charge is 2.41. The number of carbonyl (C=O) groups is 1. The number of anilines is 4. The fourth-order valence-electron chi connectivity index (χ4n) is 8.08. The Morgan fingerprint density at radius 1 is 1.00 bits per heavy atom. The Morgan fingerprint density at radius 3 is 2.37 bits per heavy atom. The normalized spacial score (nSPS) is 17.4. The van der Waals surface area contributed by atoms with Crippen LogP contribution in [-0.2, 0) is 9.84 Å². The summed E-state index contributed by atoms with van der Waals surface area (Å²) in [5.41, 5.74) is 8.21. The number of hydrogen-bond donors (Lipinski definition) is 3. The molecule has 3 aromatic rings. The zero-order valence-corrected chi connectivity index (χ0v) is 32.0. The van der Waals surface area contributed by atoms with Gasteiger partial charge in [0, 0.05) is 37.1 Å². The molecule has 5 rings (SSSR count). The van der Waals surface area contributed by atoms with Gasteiger partial charge in [-0.05, 0) is 66.4 Å². The number of carbonyl (C=O) groups excluding carboxylic acids is 1. The van der Waals surface area contributed by atoms with Crippen LogP contribution >= 0.6 is 0 Å². The van der Waals surface area contributed by atoms with Crippen LogP contribution in [-0.4, -0.2) is 68.6 Å². The number of piperidine rings is 1. The SMILES string of the molecule is CC(C)[Si](C#Cc1cc(NC(=O)NC2CCCC2)nc2nc(Nc3ccccc3N3CCCC(CS(C)(=O)=O)C3)ncc12)(C(C)C)C(C)C. The lowest BCUT2D eigenvalue weighted by molar-refractivity contribution is 0.248. The van der Waals surface area contributed by atoms with Crippen molar-refractivity contribution in [2.24, 2.45) is 5.92 Å². The summed E-state index contributed by atoms with van der Waals surface area (Å²) in [5, 5.41) is 10.2. The number of nitrogens with one attached hydrogen (secondary N) is 3. The number of amides is 2. The maximum atomic E-state index is 13.0. The highest BCUT2D eigenvalue weighted by Crippen LogP contribution is 2.41. The molecule has 2 aliphatic rings. The van der Waals surface area contributed by atoms with E-state index in [0.29, 0.717) is 40.6 Å². The monoisotopic (exact) mass is 703 g/mol. The van der Waals surface area contributed by atoms with Crippen LogP contribution in [0.4, 0.5) is 27.9 Å². The molecule has 1 aromatic carbocycles. The van der Waals surface area contributed by atoms with Crippen LogP contribution in [0.3, 0.4) is 0 Å². The molecule has 1 aliphatic heterocycles. The van der Waals surface area contributed by atoms with Gasteiger partial charge in [-0.1, -0.05) is 72.4 Å². The molecule has 264 valence electrons. The van der Waals surface area contributed by atoms with Gasteiger partial charge in [0.25, 0.3) is 0 Å². The van der Waals surface area contributed by atoms with Crippen molar-refractivity contribution in [3.8, 4) is 11.5 Å². The molecule has 2 aromatic heterocycles. The molecule has 2 amide bonds. The summed E-state index contributed by atoms with van der Waals surface area (Å²) in [4.78, 5) is 29.6. The van der Waals surface area contributed by atoms with E-state index in [4.69, 9.17) is 15.0 Å². The molecule has 0 bridgehead atoms. The third kappa shape index (κ3) is 8.92. The van der Waals surface area contributed by atoms with Crippen LogP contribution in [0.2, 0.25) is 16.6 Å². The van der Waals surface area contributed by atoms with E-state index in [2.05, 4.69) is 73.9 Å². The molecule has 1 aliphatic carbocycles. The Hall–Kier alpha value is -3.69. The molecule has 1 saturated carbocycles. The number of rotatable bonds is 10. The summed E-state index contributed by atoms with van der Waals surface area (Å²) in [7, 11) is -5.11. The molecule has 2 fully saturated rings. The Balaban J connectivity index is 1.50. The van der Waals surface area contributed by atoms with Crippen LogP contribution < -0.4 is 20.9 Å².